The predicted octanol–water partition coefficient (Wildman–Crippen LogP) is 2.24. The van der Waals surface area contributed by atoms with Crippen molar-refractivity contribution >= 4 is 17.7 Å². The molecule has 2 N–H and O–H groups in total. The third-order valence-electron chi connectivity index (χ3n) is 3.42. The maximum Gasteiger partial charge on any atom is 0.320 e. The highest BCUT2D eigenvalue weighted by atomic mass is 16.2. The summed E-state index contributed by atoms with van der Waals surface area (Å²) in [7, 11) is 0. The molecule has 2 heterocycles. The number of piperidine rings is 1. The molecule has 0 aromatic carbocycles. The zero-order valence-corrected chi connectivity index (χ0v) is 12.4. The lowest BCUT2D eigenvalue weighted by Crippen LogP contribution is -2.35. The number of hydrogen-bond acceptors (Lipinski definition) is 4. The molecule has 6 heteroatoms. The molecule has 1 fully saturated rings. The minimum Gasteiger partial charge on any atom is -0.356 e. The van der Waals surface area contributed by atoms with Gasteiger partial charge in [0.05, 0.1) is 0 Å². The van der Waals surface area contributed by atoms with E-state index in [0.717, 1.165) is 24.8 Å². The van der Waals surface area contributed by atoms with Crippen LogP contribution in [0.4, 0.5) is 16.4 Å². The van der Waals surface area contributed by atoms with Gasteiger partial charge in [0.1, 0.15) is 18.0 Å². The number of carbonyl (C=O) groups excluding carboxylic acids is 1. The molecule has 0 saturated carbocycles. The van der Waals surface area contributed by atoms with Crippen LogP contribution in [0, 0.1) is 5.92 Å². The number of nitrogens with zero attached hydrogens (tertiary/aromatic N) is 3. The average Bonchev–Trinajstić information content (AvgIpc) is 2.38. The van der Waals surface area contributed by atoms with Gasteiger partial charge in [-0.3, -0.25) is 5.32 Å². The zero-order valence-electron chi connectivity index (χ0n) is 12.4. The molecule has 2 rings (SSSR count). The Bertz CT molecular complexity index is 455. The van der Waals surface area contributed by atoms with E-state index < -0.39 is 0 Å². The quantitative estimate of drug-likeness (QED) is 0.889. The molecule has 0 bridgehead atoms. The number of aromatic nitrogens is 2. The second-order valence-electron chi connectivity index (χ2n) is 5.68. The predicted molar refractivity (Wildman–Crippen MR) is 79.9 cm³/mol. The minimum absolute atomic E-state index is 0.0971. The lowest BCUT2D eigenvalue weighted by atomic mass is 9.99. The Kier molecular flexibility index (Phi) is 4.76. The highest BCUT2D eigenvalue weighted by Crippen LogP contribution is 2.22. The smallest absolute Gasteiger partial charge is 0.320 e. The van der Waals surface area contributed by atoms with Crippen molar-refractivity contribution in [2.45, 2.75) is 39.7 Å². The Morgan fingerprint density at radius 3 is 2.70 bits per heavy atom. The molecule has 1 aliphatic heterocycles. The summed E-state index contributed by atoms with van der Waals surface area (Å²) in [5.74, 6) is 2.20. The molecule has 20 heavy (non-hydrogen) atoms. The standard InChI is InChI=1S/C14H23N5O/c1-10(2)17-14(20)18-12-8-13(16-9-15-12)19-6-4-11(3)5-7-19/h8-11H,4-7H2,1-3H3,(H2,15,16,17,18,20). The summed E-state index contributed by atoms with van der Waals surface area (Å²) in [4.78, 5) is 22.3. The molecule has 1 aromatic rings. The van der Waals surface area contributed by atoms with E-state index in [-0.39, 0.29) is 12.1 Å². The van der Waals surface area contributed by atoms with Gasteiger partial charge in [-0.05, 0) is 32.6 Å². The van der Waals surface area contributed by atoms with Gasteiger partial charge in [0.2, 0.25) is 0 Å². The fourth-order valence-corrected chi connectivity index (χ4v) is 2.24. The second kappa shape index (κ2) is 6.54. The van der Waals surface area contributed by atoms with Gasteiger partial charge in [-0.2, -0.15) is 0 Å². The van der Waals surface area contributed by atoms with Crippen molar-refractivity contribution in [3.8, 4) is 0 Å². The van der Waals surface area contributed by atoms with Crippen LogP contribution >= 0.6 is 0 Å². The van der Waals surface area contributed by atoms with Crippen molar-refractivity contribution in [2.24, 2.45) is 5.92 Å². The van der Waals surface area contributed by atoms with E-state index in [2.05, 4.69) is 32.4 Å². The largest absolute Gasteiger partial charge is 0.356 e. The fraction of sp³-hybridized carbons (Fsp3) is 0.643. The third kappa shape index (κ3) is 4.08. The first-order valence-corrected chi connectivity index (χ1v) is 7.19. The molecule has 6 nitrogen and oxygen atoms in total. The first-order valence-electron chi connectivity index (χ1n) is 7.19. The lowest BCUT2D eigenvalue weighted by molar-refractivity contribution is 0.250. The maximum atomic E-state index is 11.7. The van der Waals surface area contributed by atoms with Crippen molar-refractivity contribution in [3.05, 3.63) is 12.4 Å². The molecule has 0 aliphatic carbocycles. The molecule has 0 radical (unpaired) electrons. The van der Waals surface area contributed by atoms with Crippen molar-refractivity contribution in [3.63, 3.8) is 0 Å². The third-order valence-corrected chi connectivity index (χ3v) is 3.42. The fourth-order valence-electron chi connectivity index (χ4n) is 2.24. The number of rotatable bonds is 3. The van der Waals surface area contributed by atoms with Gasteiger partial charge in [-0.15, -0.1) is 0 Å². The highest BCUT2D eigenvalue weighted by Gasteiger charge is 2.17. The topological polar surface area (TPSA) is 70.2 Å². The Balaban J connectivity index is 1.99. The van der Waals surface area contributed by atoms with Gasteiger partial charge in [0, 0.05) is 25.2 Å². The molecule has 1 aromatic heterocycles. The summed E-state index contributed by atoms with van der Waals surface area (Å²) in [5, 5.41) is 5.51. The van der Waals surface area contributed by atoms with Gasteiger partial charge in [-0.1, -0.05) is 6.92 Å². The van der Waals surface area contributed by atoms with Crippen LogP contribution in [0.2, 0.25) is 0 Å². The highest BCUT2D eigenvalue weighted by molar-refractivity contribution is 5.88. The average molecular weight is 277 g/mol. The lowest BCUT2D eigenvalue weighted by Gasteiger charge is -2.31. The maximum absolute atomic E-state index is 11.7. The van der Waals surface area contributed by atoms with Crippen molar-refractivity contribution in [1.82, 2.24) is 15.3 Å². The second-order valence-corrected chi connectivity index (χ2v) is 5.68. The molecule has 0 unspecified atom stereocenters. The van der Waals surface area contributed by atoms with Crippen LogP contribution < -0.4 is 15.5 Å². The number of carbonyl (C=O) groups is 1. The molecular formula is C14H23N5O. The molecule has 2 amide bonds. The van der Waals surface area contributed by atoms with Crippen LogP contribution in [-0.2, 0) is 0 Å². The van der Waals surface area contributed by atoms with Crippen LogP contribution in [-0.4, -0.2) is 35.1 Å². The first-order chi connectivity index (χ1) is 9.54. The molecule has 0 spiro atoms. The Morgan fingerprint density at radius 2 is 2.05 bits per heavy atom. The van der Waals surface area contributed by atoms with Gasteiger partial charge < -0.3 is 10.2 Å². The van der Waals surface area contributed by atoms with Crippen LogP contribution in [0.25, 0.3) is 0 Å². The van der Waals surface area contributed by atoms with Crippen LogP contribution in [0.3, 0.4) is 0 Å². The van der Waals surface area contributed by atoms with Gasteiger partial charge >= 0.3 is 6.03 Å². The van der Waals surface area contributed by atoms with Gasteiger partial charge in [0.15, 0.2) is 0 Å². The Labute approximate surface area is 120 Å². The van der Waals surface area contributed by atoms with E-state index in [1.165, 1.54) is 19.2 Å². The summed E-state index contributed by atoms with van der Waals surface area (Å²) in [6, 6.07) is 1.69. The van der Waals surface area contributed by atoms with Gasteiger partial charge in [0.25, 0.3) is 0 Å². The monoisotopic (exact) mass is 277 g/mol. The van der Waals surface area contributed by atoms with Crippen LogP contribution in [0.5, 0.6) is 0 Å². The number of anilines is 2. The number of hydrogen-bond donors (Lipinski definition) is 2. The molecular weight excluding hydrogens is 254 g/mol. The van der Waals surface area contributed by atoms with E-state index in [4.69, 9.17) is 0 Å². The van der Waals surface area contributed by atoms with E-state index >= 15 is 0 Å². The first kappa shape index (κ1) is 14.6. The molecule has 110 valence electrons. The molecule has 0 atom stereocenters. The van der Waals surface area contributed by atoms with Crippen molar-refractivity contribution in [1.29, 1.82) is 0 Å². The zero-order chi connectivity index (χ0) is 14.5. The number of urea groups is 1. The summed E-state index contributed by atoms with van der Waals surface area (Å²) in [5.41, 5.74) is 0. The van der Waals surface area contributed by atoms with E-state index in [9.17, 15) is 4.79 Å². The van der Waals surface area contributed by atoms with E-state index in [1.54, 1.807) is 0 Å². The SMILES string of the molecule is CC1CCN(c2cc(NC(=O)NC(C)C)ncn2)CC1. The van der Waals surface area contributed by atoms with Gasteiger partial charge in [-0.25, -0.2) is 14.8 Å². The normalized spacial score (nSPS) is 16.3. The Morgan fingerprint density at radius 1 is 1.35 bits per heavy atom. The summed E-state index contributed by atoms with van der Waals surface area (Å²) >= 11 is 0. The van der Waals surface area contributed by atoms with Crippen LogP contribution in [0.1, 0.15) is 33.6 Å². The minimum atomic E-state index is -0.239. The molecule has 1 aliphatic rings. The van der Waals surface area contributed by atoms with Crippen molar-refractivity contribution in [2.75, 3.05) is 23.3 Å². The van der Waals surface area contributed by atoms with Crippen LogP contribution in [0.15, 0.2) is 12.4 Å². The summed E-state index contributed by atoms with van der Waals surface area (Å²) in [6.07, 6.45) is 3.86. The molecule has 1 saturated heterocycles. The Hall–Kier alpha value is -1.85. The van der Waals surface area contributed by atoms with Crippen molar-refractivity contribution < 1.29 is 4.79 Å². The number of amides is 2. The van der Waals surface area contributed by atoms with E-state index in [1.807, 2.05) is 19.9 Å². The summed E-state index contributed by atoms with van der Waals surface area (Å²) in [6.45, 7) is 8.13. The summed E-state index contributed by atoms with van der Waals surface area (Å²) < 4.78 is 0. The van der Waals surface area contributed by atoms with E-state index in [0.29, 0.717) is 5.82 Å². The number of nitrogens with one attached hydrogen (secondary N) is 2.